The van der Waals surface area contributed by atoms with Crippen molar-refractivity contribution in [3.63, 3.8) is 0 Å². The van der Waals surface area contributed by atoms with Crippen LogP contribution in [0.3, 0.4) is 0 Å². The largest absolute Gasteiger partial charge is 0.507 e. The number of rotatable bonds is 1. The van der Waals surface area contributed by atoms with Gasteiger partial charge >= 0.3 is 0 Å². The average Bonchev–Trinajstić information content (AvgIpc) is 2.93. The summed E-state index contributed by atoms with van der Waals surface area (Å²) in [6, 6.07) is 14.5. The first-order valence-corrected chi connectivity index (χ1v) is 7.60. The molecule has 1 aliphatic heterocycles. The summed E-state index contributed by atoms with van der Waals surface area (Å²) in [7, 11) is 0. The van der Waals surface area contributed by atoms with Gasteiger partial charge in [-0.15, -0.1) is 0 Å². The summed E-state index contributed by atoms with van der Waals surface area (Å²) in [6.07, 6.45) is -1.85. The summed E-state index contributed by atoms with van der Waals surface area (Å²) < 4.78 is 0. The SMILES string of the molecule is O=C(C#Cc1ccc(-c2ccccc2)c(O)c1)N1C[C@@H](O)[C@@H](O)C1. The number of β-amino-alcohol motifs (C(OH)–C–C–N with tert-alkyl or cyclic N) is 2. The van der Waals surface area contributed by atoms with E-state index in [9.17, 15) is 20.1 Å². The normalized spacial score (nSPS) is 19.7. The summed E-state index contributed by atoms with van der Waals surface area (Å²) in [4.78, 5) is 13.3. The second-order valence-corrected chi connectivity index (χ2v) is 5.69. The molecule has 5 heteroatoms. The molecule has 1 heterocycles. The lowest BCUT2D eigenvalue weighted by Gasteiger charge is -2.10. The topological polar surface area (TPSA) is 81.0 Å². The van der Waals surface area contributed by atoms with Gasteiger partial charge in [0.15, 0.2) is 0 Å². The molecule has 1 amide bonds. The first kappa shape index (κ1) is 16.1. The van der Waals surface area contributed by atoms with E-state index in [1.807, 2.05) is 30.3 Å². The number of benzene rings is 2. The van der Waals surface area contributed by atoms with Crippen LogP contribution in [0.2, 0.25) is 0 Å². The highest BCUT2D eigenvalue weighted by atomic mass is 16.3. The molecule has 0 saturated carbocycles. The zero-order valence-corrected chi connectivity index (χ0v) is 12.9. The van der Waals surface area contributed by atoms with Crippen LogP contribution in [-0.2, 0) is 4.79 Å². The fourth-order valence-corrected chi connectivity index (χ4v) is 2.61. The van der Waals surface area contributed by atoms with Gasteiger partial charge in [-0.25, -0.2) is 0 Å². The molecule has 0 radical (unpaired) electrons. The van der Waals surface area contributed by atoms with Gasteiger partial charge < -0.3 is 20.2 Å². The molecule has 1 fully saturated rings. The van der Waals surface area contributed by atoms with Crippen molar-refractivity contribution in [3.05, 3.63) is 54.1 Å². The van der Waals surface area contributed by atoms with Crippen LogP contribution in [0.4, 0.5) is 0 Å². The first-order valence-electron chi connectivity index (χ1n) is 7.60. The second-order valence-electron chi connectivity index (χ2n) is 5.69. The second kappa shape index (κ2) is 6.75. The predicted octanol–water partition coefficient (Wildman–Crippen LogP) is 0.975. The Balaban J connectivity index is 1.75. The molecule has 1 aliphatic rings. The van der Waals surface area contributed by atoms with Gasteiger partial charge in [-0.05, 0) is 23.8 Å². The third kappa shape index (κ3) is 3.40. The van der Waals surface area contributed by atoms with Gasteiger partial charge in [-0.2, -0.15) is 0 Å². The number of phenolic OH excluding ortho intramolecular Hbond substituents is 1. The van der Waals surface area contributed by atoms with Crippen molar-refractivity contribution in [1.29, 1.82) is 0 Å². The van der Waals surface area contributed by atoms with E-state index >= 15 is 0 Å². The quantitative estimate of drug-likeness (QED) is 0.683. The molecular formula is C19H17NO4. The van der Waals surface area contributed by atoms with E-state index in [1.54, 1.807) is 12.1 Å². The third-order valence-electron chi connectivity index (χ3n) is 3.94. The Kier molecular flexibility index (Phi) is 4.52. The lowest BCUT2D eigenvalue weighted by molar-refractivity contribution is -0.124. The van der Waals surface area contributed by atoms with Crippen molar-refractivity contribution in [3.8, 4) is 28.7 Å². The van der Waals surface area contributed by atoms with Gasteiger partial charge in [0.1, 0.15) is 5.75 Å². The van der Waals surface area contributed by atoms with Crippen molar-refractivity contribution in [1.82, 2.24) is 4.90 Å². The Morgan fingerprint density at radius 1 is 1.04 bits per heavy atom. The number of amides is 1. The van der Waals surface area contributed by atoms with Gasteiger partial charge in [0.25, 0.3) is 5.91 Å². The van der Waals surface area contributed by atoms with Gasteiger partial charge in [0.2, 0.25) is 0 Å². The number of likely N-dealkylation sites (tertiary alicyclic amines) is 1. The van der Waals surface area contributed by atoms with Crippen LogP contribution in [0.15, 0.2) is 48.5 Å². The molecule has 2 atom stereocenters. The molecule has 0 spiro atoms. The molecule has 3 N–H and O–H groups in total. The van der Waals surface area contributed by atoms with E-state index in [1.165, 1.54) is 11.0 Å². The van der Waals surface area contributed by atoms with Crippen molar-refractivity contribution >= 4 is 5.91 Å². The predicted molar refractivity (Wildman–Crippen MR) is 89.0 cm³/mol. The van der Waals surface area contributed by atoms with E-state index < -0.39 is 18.1 Å². The number of carbonyl (C=O) groups is 1. The Bertz CT molecular complexity index is 797. The number of aromatic hydroxyl groups is 1. The minimum absolute atomic E-state index is 0.0763. The minimum atomic E-state index is -0.926. The van der Waals surface area contributed by atoms with Crippen molar-refractivity contribution in [2.75, 3.05) is 13.1 Å². The van der Waals surface area contributed by atoms with E-state index in [-0.39, 0.29) is 18.8 Å². The molecule has 3 rings (SSSR count). The molecule has 0 bridgehead atoms. The standard InChI is InChI=1S/C19H17NO4/c21-16-10-13(6-8-15(16)14-4-2-1-3-5-14)7-9-19(24)20-11-17(22)18(23)12-20/h1-6,8,10,17-18,21-23H,11-12H2/t17-,18+. The van der Waals surface area contributed by atoms with Gasteiger partial charge in [0, 0.05) is 17.0 Å². The molecule has 0 aliphatic carbocycles. The van der Waals surface area contributed by atoms with Crippen LogP contribution in [-0.4, -0.2) is 51.4 Å². The monoisotopic (exact) mass is 323 g/mol. The van der Waals surface area contributed by atoms with Crippen molar-refractivity contribution in [2.45, 2.75) is 12.2 Å². The van der Waals surface area contributed by atoms with Crippen molar-refractivity contribution < 1.29 is 20.1 Å². The van der Waals surface area contributed by atoms with Crippen LogP contribution in [0, 0.1) is 11.8 Å². The molecule has 1 saturated heterocycles. The number of hydrogen-bond donors (Lipinski definition) is 3. The average molecular weight is 323 g/mol. The highest BCUT2D eigenvalue weighted by Gasteiger charge is 2.31. The van der Waals surface area contributed by atoms with Crippen LogP contribution in [0.5, 0.6) is 5.75 Å². The fourth-order valence-electron chi connectivity index (χ4n) is 2.61. The van der Waals surface area contributed by atoms with E-state index in [0.29, 0.717) is 11.1 Å². The van der Waals surface area contributed by atoms with Crippen LogP contribution >= 0.6 is 0 Å². The number of nitrogens with zero attached hydrogens (tertiary/aromatic N) is 1. The maximum atomic E-state index is 12.0. The van der Waals surface area contributed by atoms with Gasteiger partial charge in [0.05, 0.1) is 25.3 Å². The van der Waals surface area contributed by atoms with Crippen LogP contribution in [0.1, 0.15) is 5.56 Å². The lowest BCUT2D eigenvalue weighted by Crippen LogP contribution is -2.28. The molecule has 122 valence electrons. The van der Waals surface area contributed by atoms with E-state index in [4.69, 9.17) is 0 Å². The Morgan fingerprint density at radius 3 is 2.33 bits per heavy atom. The number of phenols is 1. The molecule has 0 aromatic heterocycles. The Labute approximate surface area is 139 Å². The zero-order chi connectivity index (χ0) is 17.1. The maximum Gasteiger partial charge on any atom is 0.299 e. The highest BCUT2D eigenvalue weighted by Crippen LogP contribution is 2.29. The van der Waals surface area contributed by atoms with E-state index in [0.717, 1.165) is 5.56 Å². The third-order valence-corrected chi connectivity index (χ3v) is 3.94. The molecule has 2 aromatic rings. The fraction of sp³-hybridized carbons (Fsp3) is 0.211. The summed E-state index contributed by atoms with van der Waals surface area (Å²) >= 11 is 0. The molecule has 24 heavy (non-hydrogen) atoms. The number of carbonyl (C=O) groups excluding carboxylic acids is 1. The molecule has 0 unspecified atom stereocenters. The maximum absolute atomic E-state index is 12.0. The molecule has 2 aromatic carbocycles. The van der Waals surface area contributed by atoms with Gasteiger partial charge in [-0.1, -0.05) is 36.3 Å². The minimum Gasteiger partial charge on any atom is -0.507 e. The lowest BCUT2D eigenvalue weighted by atomic mass is 10.0. The smallest absolute Gasteiger partial charge is 0.299 e. The zero-order valence-electron chi connectivity index (χ0n) is 12.9. The van der Waals surface area contributed by atoms with Gasteiger partial charge in [-0.3, -0.25) is 4.79 Å². The Morgan fingerprint density at radius 2 is 1.71 bits per heavy atom. The molecule has 5 nitrogen and oxygen atoms in total. The Hall–Kier alpha value is -2.81. The number of hydrogen-bond acceptors (Lipinski definition) is 4. The first-order chi connectivity index (χ1) is 11.5. The summed E-state index contributed by atoms with van der Waals surface area (Å²) in [5, 5.41) is 29.1. The summed E-state index contributed by atoms with van der Waals surface area (Å²) in [5.41, 5.74) is 2.10. The van der Waals surface area contributed by atoms with Crippen LogP contribution in [0.25, 0.3) is 11.1 Å². The van der Waals surface area contributed by atoms with Crippen LogP contribution < -0.4 is 0 Å². The van der Waals surface area contributed by atoms with E-state index in [2.05, 4.69) is 11.8 Å². The number of aliphatic hydroxyl groups is 2. The van der Waals surface area contributed by atoms with Crippen molar-refractivity contribution in [2.24, 2.45) is 0 Å². The molecular weight excluding hydrogens is 306 g/mol. The summed E-state index contributed by atoms with van der Waals surface area (Å²) in [5.74, 6) is 4.81. The highest BCUT2D eigenvalue weighted by molar-refractivity contribution is 5.94. The summed E-state index contributed by atoms with van der Waals surface area (Å²) in [6.45, 7) is 0.153. The number of aliphatic hydroxyl groups excluding tert-OH is 2.